The molecule has 16 heavy (non-hydrogen) atoms. The van der Waals surface area contributed by atoms with Gasteiger partial charge in [-0.05, 0) is 29.2 Å². The van der Waals surface area contributed by atoms with E-state index in [9.17, 15) is 5.11 Å². The topological polar surface area (TPSA) is 20.2 Å². The number of rotatable bonds is 3. The fourth-order valence-corrected chi connectivity index (χ4v) is 2.83. The number of aryl methyl sites for hydroxylation is 1. The van der Waals surface area contributed by atoms with Crippen molar-refractivity contribution < 1.29 is 5.11 Å². The first kappa shape index (κ1) is 11.6. The second-order valence-corrected chi connectivity index (χ2v) is 5.36. The van der Waals surface area contributed by atoms with E-state index in [-0.39, 0.29) is 6.61 Å². The molecule has 2 rings (SSSR count). The number of hydrogen-bond acceptors (Lipinski definition) is 2. The van der Waals surface area contributed by atoms with Crippen LogP contribution < -0.4 is 0 Å². The third-order valence-corrected chi connectivity index (χ3v) is 3.84. The molecule has 1 aromatic carbocycles. The monoisotopic (exact) mass is 252 g/mol. The number of benzene rings is 1. The molecule has 0 amide bonds. The quantitative estimate of drug-likeness (QED) is 0.871. The average Bonchev–Trinajstić information content (AvgIpc) is 2.70. The van der Waals surface area contributed by atoms with Gasteiger partial charge >= 0.3 is 0 Å². The van der Waals surface area contributed by atoms with Crippen molar-refractivity contribution >= 4 is 22.9 Å². The van der Waals surface area contributed by atoms with Crippen LogP contribution in [0.15, 0.2) is 30.3 Å². The summed E-state index contributed by atoms with van der Waals surface area (Å²) in [7, 11) is 0. The van der Waals surface area contributed by atoms with Crippen molar-refractivity contribution in [1.82, 2.24) is 0 Å². The predicted molar refractivity (Wildman–Crippen MR) is 70.1 cm³/mol. The van der Waals surface area contributed by atoms with Crippen LogP contribution in [0.4, 0.5) is 0 Å². The molecular weight excluding hydrogens is 240 g/mol. The van der Waals surface area contributed by atoms with Crippen LogP contribution in [0.5, 0.6) is 0 Å². The van der Waals surface area contributed by atoms with Gasteiger partial charge in [0.05, 0.1) is 10.9 Å². The minimum absolute atomic E-state index is 0.0439. The van der Waals surface area contributed by atoms with Crippen molar-refractivity contribution in [2.24, 2.45) is 0 Å². The summed E-state index contributed by atoms with van der Waals surface area (Å²) in [4.78, 5) is 0.925. The molecule has 1 aromatic heterocycles. The predicted octanol–water partition coefficient (Wildman–Crippen LogP) is 4.12. The van der Waals surface area contributed by atoms with E-state index in [1.54, 1.807) is 0 Å². The minimum atomic E-state index is 0.0439. The molecule has 0 aliphatic heterocycles. The standard InChI is InChI=1S/C13H13ClOS/c1-2-9-3-5-10(6-4-9)11-7-13(14)16-12(11)8-15/h3-7,15H,2,8H2,1H3. The molecule has 1 N–H and O–H groups in total. The number of halogens is 1. The molecule has 2 aromatic rings. The van der Waals surface area contributed by atoms with Gasteiger partial charge in [0.15, 0.2) is 0 Å². The van der Waals surface area contributed by atoms with Crippen LogP contribution in [0.1, 0.15) is 17.4 Å². The van der Waals surface area contributed by atoms with Crippen LogP contribution in [0.25, 0.3) is 11.1 Å². The zero-order valence-electron chi connectivity index (χ0n) is 9.03. The molecular formula is C13H13ClOS. The fourth-order valence-electron chi connectivity index (χ4n) is 1.68. The third kappa shape index (κ3) is 2.29. The van der Waals surface area contributed by atoms with Gasteiger partial charge in [0.1, 0.15) is 0 Å². The first-order valence-corrected chi connectivity index (χ1v) is 6.42. The van der Waals surface area contributed by atoms with Crippen molar-refractivity contribution in [1.29, 1.82) is 0 Å². The molecule has 0 aliphatic carbocycles. The highest BCUT2D eigenvalue weighted by Gasteiger charge is 2.08. The van der Waals surface area contributed by atoms with Crippen LogP contribution in [-0.2, 0) is 13.0 Å². The van der Waals surface area contributed by atoms with Crippen molar-refractivity contribution in [3.8, 4) is 11.1 Å². The molecule has 0 atom stereocenters. The van der Waals surface area contributed by atoms with Gasteiger partial charge in [0, 0.05) is 4.88 Å². The van der Waals surface area contributed by atoms with Gasteiger partial charge < -0.3 is 5.11 Å². The van der Waals surface area contributed by atoms with Crippen molar-refractivity contribution in [3.63, 3.8) is 0 Å². The highest BCUT2D eigenvalue weighted by Crippen LogP contribution is 2.34. The van der Waals surface area contributed by atoms with E-state index < -0.39 is 0 Å². The van der Waals surface area contributed by atoms with Gasteiger partial charge in [-0.3, -0.25) is 0 Å². The lowest BCUT2D eigenvalue weighted by molar-refractivity contribution is 0.286. The molecule has 0 spiro atoms. The highest BCUT2D eigenvalue weighted by atomic mass is 35.5. The zero-order chi connectivity index (χ0) is 11.5. The molecule has 84 valence electrons. The Labute approximate surface area is 104 Å². The second-order valence-electron chi connectivity index (χ2n) is 3.60. The van der Waals surface area contributed by atoms with Gasteiger partial charge in [-0.2, -0.15) is 0 Å². The van der Waals surface area contributed by atoms with Gasteiger partial charge in [0.2, 0.25) is 0 Å². The average molecular weight is 253 g/mol. The maximum Gasteiger partial charge on any atom is 0.0938 e. The van der Waals surface area contributed by atoms with E-state index in [0.29, 0.717) is 0 Å². The summed E-state index contributed by atoms with van der Waals surface area (Å²) in [6.07, 6.45) is 1.04. The van der Waals surface area contributed by atoms with Gasteiger partial charge in [-0.15, -0.1) is 11.3 Å². The van der Waals surface area contributed by atoms with E-state index >= 15 is 0 Å². The molecule has 1 nitrogen and oxygen atoms in total. The van der Waals surface area contributed by atoms with Crippen molar-refractivity contribution in [3.05, 3.63) is 45.1 Å². The van der Waals surface area contributed by atoms with Gasteiger partial charge in [0.25, 0.3) is 0 Å². The summed E-state index contributed by atoms with van der Waals surface area (Å²) in [6, 6.07) is 10.3. The number of aliphatic hydroxyl groups excluding tert-OH is 1. The first-order chi connectivity index (χ1) is 7.74. The second kappa shape index (κ2) is 5.00. The number of aliphatic hydroxyl groups is 1. The van der Waals surface area contributed by atoms with Crippen LogP contribution in [0.3, 0.4) is 0 Å². The molecule has 0 radical (unpaired) electrons. The summed E-state index contributed by atoms with van der Waals surface area (Å²) in [5.74, 6) is 0. The lowest BCUT2D eigenvalue weighted by atomic mass is 10.0. The van der Waals surface area contributed by atoms with Crippen LogP contribution in [0.2, 0.25) is 4.34 Å². The summed E-state index contributed by atoms with van der Waals surface area (Å²) < 4.78 is 0.721. The highest BCUT2D eigenvalue weighted by molar-refractivity contribution is 7.16. The van der Waals surface area contributed by atoms with Gasteiger partial charge in [-0.25, -0.2) is 0 Å². The normalized spacial score (nSPS) is 10.7. The maximum atomic E-state index is 9.25. The van der Waals surface area contributed by atoms with Gasteiger partial charge in [-0.1, -0.05) is 42.8 Å². The zero-order valence-corrected chi connectivity index (χ0v) is 10.6. The van der Waals surface area contributed by atoms with E-state index in [1.165, 1.54) is 16.9 Å². The molecule has 0 aliphatic rings. The SMILES string of the molecule is CCc1ccc(-c2cc(Cl)sc2CO)cc1. The molecule has 0 bridgehead atoms. The molecule has 3 heteroatoms. The minimum Gasteiger partial charge on any atom is -0.391 e. The summed E-state index contributed by atoms with van der Waals surface area (Å²) in [5, 5.41) is 9.25. The van der Waals surface area contributed by atoms with Crippen LogP contribution in [-0.4, -0.2) is 5.11 Å². The van der Waals surface area contributed by atoms with Crippen LogP contribution in [0, 0.1) is 0 Å². The summed E-state index contributed by atoms with van der Waals surface area (Å²) in [6.45, 7) is 2.18. The number of thiophene rings is 1. The molecule has 1 heterocycles. The van der Waals surface area contributed by atoms with E-state index in [4.69, 9.17) is 11.6 Å². The first-order valence-electron chi connectivity index (χ1n) is 5.23. The fraction of sp³-hybridized carbons (Fsp3) is 0.231. The van der Waals surface area contributed by atoms with E-state index in [0.717, 1.165) is 26.8 Å². The Morgan fingerprint density at radius 2 is 1.94 bits per heavy atom. The third-order valence-electron chi connectivity index (χ3n) is 2.60. The van der Waals surface area contributed by atoms with E-state index in [2.05, 4.69) is 31.2 Å². The molecule has 0 unspecified atom stereocenters. The Balaban J connectivity index is 2.41. The summed E-state index contributed by atoms with van der Waals surface area (Å²) in [5.41, 5.74) is 3.47. The Bertz CT molecular complexity index is 473. The maximum absolute atomic E-state index is 9.25. The largest absolute Gasteiger partial charge is 0.391 e. The smallest absolute Gasteiger partial charge is 0.0938 e. The molecule has 0 fully saturated rings. The van der Waals surface area contributed by atoms with Crippen molar-refractivity contribution in [2.45, 2.75) is 20.0 Å². The lowest BCUT2D eigenvalue weighted by Gasteiger charge is -2.02. The van der Waals surface area contributed by atoms with E-state index in [1.807, 2.05) is 6.07 Å². The molecule has 0 saturated heterocycles. The van der Waals surface area contributed by atoms with Crippen LogP contribution >= 0.6 is 22.9 Å². The lowest BCUT2D eigenvalue weighted by Crippen LogP contribution is -1.84. The Morgan fingerprint density at radius 3 is 2.50 bits per heavy atom. The summed E-state index contributed by atoms with van der Waals surface area (Å²) >= 11 is 7.39. The van der Waals surface area contributed by atoms with Crippen molar-refractivity contribution in [2.75, 3.05) is 0 Å². The Hall–Kier alpha value is -0.830. The molecule has 0 saturated carbocycles. The Morgan fingerprint density at radius 1 is 1.25 bits per heavy atom. The Kier molecular flexibility index (Phi) is 3.64. The number of hydrogen-bond donors (Lipinski definition) is 1.